The molecular weight excluding hydrogens is 294 g/mol. The van der Waals surface area contributed by atoms with Crippen LogP contribution in [0, 0.1) is 0 Å². The predicted molar refractivity (Wildman–Crippen MR) is 91.1 cm³/mol. The third-order valence-electron chi connectivity index (χ3n) is 3.89. The molecule has 1 aliphatic rings. The highest BCUT2D eigenvalue weighted by Gasteiger charge is 2.14. The lowest BCUT2D eigenvalue weighted by atomic mass is 10.2. The van der Waals surface area contributed by atoms with E-state index in [0.717, 1.165) is 24.3 Å². The molecule has 0 bridgehead atoms. The molecule has 0 spiro atoms. The largest absolute Gasteiger partial charge is 0.301 e. The molecule has 0 saturated carbocycles. The van der Waals surface area contributed by atoms with E-state index in [4.69, 9.17) is 0 Å². The second-order valence-electron chi connectivity index (χ2n) is 5.64. The van der Waals surface area contributed by atoms with Crippen LogP contribution in [0.5, 0.6) is 0 Å². The van der Waals surface area contributed by atoms with E-state index >= 15 is 0 Å². The molecule has 0 aliphatic carbocycles. The molecule has 116 valence electrons. The van der Waals surface area contributed by atoms with Crippen molar-refractivity contribution in [3.8, 4) is 11.3 Å². The summed E-state index contributed by atoms with van der Waals surface area (Å²) in [5, 5.41) is 5.59. The van der Waals surface area contributed by atoms with Gasteiger partial charge >= 0.3 is 0 Å². The van der Waals surface area contributed by atoms with E-state index in [1.54, 1.807) is 0 Å². The molecule has 2 aromatic rings. The lowest BCUT2D eigenvalue weighted by Gasteiger charge is -2.18. The number of carbonyl (C=O) groups excluding carboxylic acids is 1. The maximum absolute atomic E-state index is 12.2. The van der Waals surface area contributed by atoms with Gasteiger partial charge in [-0.15, -0.1) is 11.3 Å². The van der Waals surface area contributed by atoms with Gasteiger partial charge < -0.3 is 5.32 Å². The first kappa shape index (κ1) is 15.2. The lowest BCUT2D eigenvalue weighted by molar-refractivity contribution is -0.117. The molecule has 1 saturated heterocycles. The van der Waals surface area contributed by atoms with E-state index in [9.17, 15) is 4.79 Å². The summed E-state index contributed by atoms with van der Waals surface area (Å²) in [6, 6.07) is 10.0. The Hall–Kier alpha value is -1.72. The van der Waals surface area contributed by atoms with Crippen molar-refractivity contribution in [1.82, 2.24) is 9.88 Å². The predicted octanol–water partition coefficient (Wildman–Crippen LogP) is 3.62. The van der Waals surface area contributed by atoms with Crippen LogP contribution in [-0.4, -0.2) is 35.4 Å². The normalized spacial score (nSPS) is 16.2. The minimum atomic E-state index is 0.0378. The molecule has 1 amide bonds. The number of carbonyl (C=O) groups is 1. The van der Waals surface area contributed by atoms with Gasteiger partial charge in [0.2, 0.25) is 5.91 Å². The molecule has 3 rings (SSSR count). The molecule has 0 atom stereocenters. The van der Waals surface area contributed by atoms with Crippen LogP contribution in [0.1, 0.15) is 25.7 Å². The summed E-state index contributed by atoms with van der Waals surface area (Å²) < 4.78 is 0. The number of aromatic nitrogens is 1. The highest BCUT2D eigenvalue weighted by atomic mass is 32.1. The third-order valence-corrected chi connectivity index (χ3v) is 4.64. The molecule has 2 heterocycles. The fraction of sp³-hybridized carbons (Fsp3) is 0.412. The fourth-order valence-electron chi connectivity index (χ4n) is 2.73. The van der Waals surface area contributed by atoms with E-state index in [0.29, 0.717) is 11.7 Å². The highest BCUT2D eigenvalue weighted by molar-refractivity contribution is 7.14. The van der Waals surface area contributed by atoms with Crippen molar-refractivity contribution in [3.05, 3.63) is 35.7 Å². The van der Waals surface area contributed by atoms with Gasteiger partial charge in [0, 0.05) is 10.9 Å². The van der Waals surface area contributed by atoms with Crippen LogP contribution in [0.15, 0.2) is 35.7 Å². The van der Waals surface area contributed by atoms with Gasteiger partial charge in [-0.3, -0.25) is 9.69 Å². The number of benzene rings is 1. The SMILES string of the molecule is O=C(CN1CCCCCC1)Nc1nc(-c2ccccc2)cs1. The summed E-state index contributed by atoms with van der Waals surface area (Å²) in [5.41, 5.74) is 1.99. The van der Waals surface area contributed by atoms with Crippen LogP contribution in [-0.2, 0) is 4.79 Å². The van der Waals surface area contributed by atoms with Crippen LogP contribution in [0.4, 0.5) is 5.13 Å². The number of hydrogen-bond acceptors (Lipinski definition) is 4. The number of nitrogens with one attached hydrogen (secondary N) is 1. The summed E-state index contributed by atoms with van der Waals surface area (Å²) in [7, 11) is 0. The zero-order chi connectivity index (χ0) is 15.2. The van der Waals surface area contributed by atoms with Crippen LogP contribution < -0.4 is 5.32 Å². The van der Waals surface area contributed by atoms with Gasteiger partial charge in [-0.2, -0.15) is 0 Å². The minimum Gasteiger partial charge on any atom is -0.301 e. The lowest BCUT2D eigenvalue weighted by Crippen LogP contribution is -2.33. The molecule has 0 radical (unpaired) electrons. The molecule has 1 fully saturated rings. The molecule has 1 N–H and O–H groups in total. The Kier molecular flexibility index (Phi) is 5.19. The van der Waals surface area contributed by atoms with Crippen molar-refractivity contribution in [3.63, 3.8) is 0 Å². The first-order valence-corrected chi connectivity index (χ1v) is 8.72. The van der Waals surface area contributed by atoms with Crippen LogP contribution in [0.25, 0.3) is 11.3 Å². The first-order chi connectivity index (χ1) is 10.8. The second kappa shape index (κ2) is 7.51. The Balaban J connectivity index is 1.56. The smallest absolute Gasteiger partial charge is 0.240 e. The van der Waals surface area contributed by atoms with Gasteiger partial charge in [0.15, 0.2) is 5.13 Å². The molecular formula is C17H21N3OS. The van der Waals surface area contributed by atoms with E-state index in [1.165, 1.54) is 37.0 Å². The molecule has 5 heteroatoms. The van der Waals surface area contributed by atoms with Gasteiger partial charge in [0.1, 0.15) is 0 Å². The average molecular weight is 315 g/mol. The Morgan fingerprint density at radius 1 is 1.14 bits per heavy atom. The monoisotopic (exact) mass is 315 g/mol. The Morgan fingerprint density at radius 3 is 2.59 bits per heavy atom. The number of anilines is 1. The van der Waals surface area contributed by atoms with Crippen LogP contribution in [0.2, 0.25) is 0 Å². The summed E-state index contributed by atoms with van der Waals surface area (Å²) in [6.45, 7) is 2.53. The van der Waals surface area contributed by atoms with Crippen molar-refractivity contribution in [2.24, 2.45) is 0 Å². The van der Waals surface area contributed by atoms with Gasteiger partial charge in [-0.05, 0) is 25.9 Å². The number of amides is 1. The van der Waals surface area contributed by atoms with Crippen molar-refractivity contribution < 1.29 is 4.79 Å². The standard InChI is InChI=1S/C17H21N3OS/c21-16(12-20-10-6-1-2-7-11-20)19-17-18-15(13-22-17)14-8-4-3-5-9-14/h3-5,8-9,13H,1-2,6-7,10-12H2,(H,18,19,21). The van der Waals surface area contributed by atoms with Gasteiger partial charge in [-0.1, -0.05) is 43.2 Å². The zero-order valence-electron chi connectivity index (χ0n) is 12.6. The van der Waals surface area contributed by atoms with Crippen LogP contribution in [0.3, 0.4) is 0 Å². The summed E-state index contributed by atoms with van der Waals surface area (Å²) in [4.78, 5) is 18.9. The molecule has 1 aliphatic heterocycles. The first-order valence-electron chi connectivity index (χ1n) is 7.84. The number of hydrogen-bond donors (Lipinski definition) is 1. The fourth-order valence-corrected chi connectivity index (χ4v) is 3.46. The molecule has 1 aromatic carbocycles. The summed E-state index contributed by atoms with van der Waals surface area (Å²) in [5.74, 6) is 0.0378. The Morgan fingerprint density at radius 2 is 1.86 bits per heavy atom. The number of thiazole rings is 1. The van der Waals surface area contributed by atoms with E-state index in [1.807, 2.05) is 35.7 Å². The quantitative estimate of drug-likeness (QED) is 0.937. The molecule has 22 heavy (non-hydrogen) atoms. The van der Waals surface area contributed by atoms with Crippen molar-refractivity contribution in [2.45, 2.75) is 25.7 Å². The molecule has 4 nitrogen and oxygen atoms in total. The molecule has 0 unspecified atom stereocenters. The second-order valence-corrected chi connectivity index (χ2v) is 6.50. The number of likely N-dealkylation sites (tertiary alicyclic amines) is 1. The van der Waals surface area contributed by atoms with Crippen molar-refractivity contribution in [2.75, 3.05) is 25.0 Å². The van der Waals surface area contributed by atoms with E-state index in [2.05, 4.69) is 15.2 Å². The van der Waals surface area contributed by atoms with Gasteiger partial charge in [-0.25, -0.2) is 4.98 Å². The van der Waals surface area contributed by atoms with Gasteiger partial charge in [0.05, 0.1) is 12.2 Å². The number of rotatable bonds is 4. The topological polar surface area (TPSA) is 45.2 Å². The Bertz CT molecular complexity index is 603. The highest BCUT2D eigenvalue weighted by Crippen LogP contribution is 2.24. The number of nitrogens with zero attached hydrogens (tertiary/aromatic N) is 2. The summed E-state index contributed by atoms with van der Waals surface area (Å²) in [6.07, 6.45) is 4.96. The minimum absolute atomic E-state index is 0.0378. The van der Waals surface area contributed by atoms with Crippen molar-refractivity contribution >= 4 is 22.4 Å². The zero-order valence-corrected chi connectivity index (χ0v) is 13.4. The van der Waals surface area contributed by atoms with E-state index < -0.39 is 0 Å². The molecule has 1 aromatic heterocycles. The van der Waals surface area contributed by atoms with Crippen LogP contribution >= 0.6 is 11.3 Å². The maximum atomic E-state index is 12.2. The van der Waals surface area contributed by atoms with Gasteiger partial charge in [0.25, 0.3) is 0 Å². The summed E-state index contributed by atoms with van der Waals surface area (Å²) >= 11 is 1.48. The maximum Gasteiger partial charge on any atom is 0.240 e. The Labute approximate surface area is 135 Å². The average Bonchev–Trinajstić information content (AvgIpc) is 2.84. The van der Waals surface area contributed by atoms with E-state index in [-0.39, 0.29) is 5.91 Å². The van der Waals surface area contributed by atoms with Crippen molar-refractivity contribution in [1.29, 1.82) is 0 Å². The third kappa shape index (κ3) is 4.15.